The molecular formula is C17H28N2O2. The summed E-state index contributed by atoms with van der Waals surface area (Å²) in [6, 6.07) is 9.67. The summed E-state index contributed by atoms with van der Waals surface area (Å²) >= 11 is 0. The second-order valence-corrected chi connectivity index (χ2v) is 6.27. The predicted molar refractivity (Wildman–Crippen MR) is 85.7 cm³/mol. The van der Waals surface area contributed by atoms with Crippen molar-refractivity contribution in [1.82, 2.24) is 9.80 Å². The summed E-state index contributed by atoms with van der Waals surface area (Å²) < 4.78 is 5.60. The van der Waals surface area contributed by atoms with Crippen molar-refractivity contribution in [2.24, 2.45) is 5.92 Å². The lowest BCUT2D eigenvalue weighted by atomic mass is 10.2. The van der Waals surface area contributed by atoms with E-state index in [1.807, 2.05) is 30.3 Å². The lowest BCUT2D eigenvalue weighted by molar-refractivity contribution is 0.0440. The fraction of sp³-hybridized carbons (Fsp3) is 0.647. The molecule has 1 N–H and O–H groups in total. The molecule has 0 radical (unpaired) electrons. The normalized spacial score (nSPS) is 18.9. The van der Waals surface area contributed by atoms with Crippen LogP contribution < -0.4 is 4.74 Å². The highest BCUT2D eigenvalue weighted by Crippen LogP contribution is 2.10. The van der Waals surface area contributed by atoms with E-state index in [9.17, 15) is 5.11 Å². The molecule has 0 amide bonds. The monoisotopic (exact) mass is 292 g/mol. The van der Waals surface area contributed by atoms with Gasteiger partial charge in [-0.05, 0) is 18.1 Å². The van der Waals surface area contributed by atoms with Gasteiger partial charge in [0.25, 0.3) is 0 Å². The Hall–Kier alpha value is -1.10. The van der Waals surface area contributed by atoms with Crippen LogP contribution in [0, 0.1) is 5.92 Å². The molecule has 4 heteroatoms. The molecular weight excluding hydrogens is 264 g/mol. The van der Waals surface area contributed by atoms with E-state index in [4.69, 9.17) is 4.74 Å². The molecule has 1 aromatic carbocycles. The van der Waals surface area contributed by atoms with E-state index in [0.717, 1.165) is 37.8 Å². The quantitative estimate of drug-likeness (QED) is 0.830. The molecule has 2 rings (SSSR count). The fourth-order valence-electron chi connectivity index (χ4n) is 2.73. The molecule has 1 aromatic rings. The molecule has 1 heterocycles. The standard InChI is InChI=1S/C17H28N2O2/c1-15(2)12-18-8-10-19(11-9-18)13-16(20)14-21-17-6-4-3-5-7-17/h3-7,15-16,20H,8-14H2,1-2H3. The summed E-state index contributed by atoms with van der Waals surface area (Å²) in [4.78, 5) is 4.84. The van der Waals surface area contributed by atoms with Gasteiger partial charge in [-0.1, -0.05) is 32.0 Å². The third-order valence-electron chi connectivity index (χ3n) is 3.74. The molecule has 1 fully saturated rings. The highest BCUT2D eigenvalue weighted by molar-refractivity contribution is 5.20. The zero-order chi connectivity index (χ0) is 15.1. The zero-order valence-corrected chi connectivity index (χ0v) is 13.2. The molecule has 0 aliphatic carbocycles. The average molecular weight is 292 g/mol. The largest absolute Gasteiger partial charge is 0.491 e. The number of aliphatic hydroxyl groups excluding tert-OH is 1. The summed E-state index contributed by atoms with van der Waals surface area (Å²) in [5, 5.41) is 10.1. The van der Waals surface area contributed by atoms with Crippen molar-refractivity contribution >= 4 is 0 Å². The van der Waals surface area contributed by atoms with Gasteiger partial charge in [-0.3, -0.25) is 4.90 Å². The number of β-amino-alcohol motifs (C(OH)–C–C–N with tert-alkyl or cyclic N) is 1. The minimum atomic E-state index is -0.429. The SMILES string of the molecule is CC(C)CN1CCN(CC(O)COc2ccccc2)CC1. The number of hydrogen-bond acceptors (Lipinski definition) is 4. The van der Waals surface area contributed by atoms with E-state index in [1.165, 1.54) is 6.54 Å². The Morgan fingerprint density at radius 1 is 1.00 bits per heavy atom. The van der Waals surface area contributed by atoms with Crippen LogP contribution in [-0.2, 0) is 0 Å². The van der Waals surface area contributed by atoms with Crippen molar-refractivity contribution < 1.29 is 9.84 Å². The molecule has 1 atom stereocenters. The van der Waals surface area contributed by atoms with Gasteiger partial charge in [0, 0.05) is 39.3 Å². The second kappa shape index (κ2) is 8.37. The minimum absolute atomic E-state index is 0.357. The van der Waals surface area contributed by atoms with E-state index in [0.29, 0.717) is 13.2 Å². The maximum atomic E-state index is 10.1. The van der Waals surface area contributed by atoms with Crippen molar-refractivity contribution in [3.05, 3.63) is 30.3 Å². The first-order valence-electron chi connectivity index (χ1n) is 7.94. The van der Waals surface area contributed by atoms with Crippen LogP contribution >= 0.6 is 0 Å². The maximum Gasteiger partial charge on any atom is 0.119 e. The Bertz CT molecular complexity index is 389. The summed E-state index contributed by atoms with van der Waals surface area (Å²) in [7, 11) is 0. The average Bonchev–Trinajstić information content (AvgIpc) is 2.48. The Balaban J connectivity index is 1.64. The van der Waals surface area contributed by atoms with Gasteiger partial charge >= 0.3 is 0 Å². The first kappa shape index (κ1) is 16.3. The van der Waals surface area contributed by atoms with Gasteiger partial charge in [0.1, 0.15) is 18.5 Å². The van der Waals surface area contributed by atoms with E-state index < -0.39 is 6.10 Å². The van der Waals surface area contributed by atoms with Crippen molar-refractivity contribution in [1.29, 1.82) is 0 Å². The molecule has 0 bridgehead atoms. The summed E-state index contributed by atoms with van der Waals surface area (Å²) in [5.41, 5.74) is 0. The molecule has 21 heavy (non-hydrogen) atoms. The van der Waals surface area contributed by atoms with Crippen molar-refractivity contribution in [3.63, 3.8) is 0 Å². The summed E-state index contributed by atoms with van der Waals surface area (Å²) in [5.74, 6) is 1.54. The second-order valence-electron chi connectivity index (χ2n) is 6.27. The van der Waals surface area contributed by atoms with Gasteiger partial charge in [0.05, 0.1) is 0 Å². The van der Waals surface area contributed by atoms with Crippen molar-refractivity contribution in [2.45, 2.75) is 20.0 Å². The molecule has 4 nitrogen and oxygen atoms in total. The molecule has 0 aromatic heterocycles. The first-order chi connectivity index (χ1) is 10.1. The third kappa shape index (κ3) is 6.04. The summed E-state index contributed by atoms with van der Waals surface area (Å²) in [6.07, 6.45) is -0.429. The Morgan fingerprint density at radius 3 is 2.14 bits per heavy atom. The lowest BCUT2D eigenvalue weighted by Gasteiger charge is -2.36. The Kier molecular flexibility index (Phi) is 6.49. The van der Waals surface area contributed by atoms with E-state index in [-0.39, 0.29) is 0 Å². The summed E-state index contributed by atoms with van der Waals surface area (Å²) in [6.45, 7) is 11.0. The van der Waals surface area contributed by atoms with E-state index in [2.05, 4.69) is 23.6 Å². The first-order valence-corrected chi connectivity index (χ1v) is 7.94. The number of piperazine rings is 1. The van der Waals surface area contributed by atoms with E-state index >= 15 is 0 Å². The van der Waals surface area contributed by atoms with E-state index in [1.54, 1.807) is 0 Å². The van der Waals surface area contributed by atoms with Crippen LogP contribution in [0.3, 0.4) is 0 Å². The van der Waals surface area contributed by atoms with Crippen LogP contribution in [0.2, 0.25) is 0 Å². The van der Waals surface area contributed by atoms with Crippen molar-refractivity contribution in [2.75, 3.05) is 45.9 Å². The van der Waals surface area contributed by atoms with Gasteiger partial charge in [0.15, 0.2) is 0 Å². The number of ether oxygens (including phenoxy) is 1. The van der Waals surface area contributed by atoms with Crippen LogP contribution in [-0.4, -0.2) is 66.9 Å². The van der Waals surface area contributed by atoms with Crippen LogP contribution in [0.4, 0.5) is 0 Å². The molecule has 1 saturated heterocycles. The number of nitrogens with zero attached hydrogens (tertiary/aromatic N) is 2. The van der Waals surface area contributed by atoms with Gasteiger partial charge in [-0.2, -0.15) is 0 Å². The smallest absolute Gasteiger partial charge is 0.119 e. The minimum Gasteiger partial charge on any atom is -0.491 e. The van der Waals surface area contributed by atoms with Crippen LogP contribution in [0.15, 0.2) is 30.3 Å². The number of hydrogen-bond donors (Lipinski definition) is 1. The third-order valence-corrected chi connectivity index (χ3v) is 3.74. The number of para-hydroxylation sites is 1. The van der Waals surface area contributed by atoms with Gasteiger partial charge in [0.2, 0.25) is 0 Å². The molecule has 0 spiro atoms. The Labute approximate surface area is 128 Å². The van der Waals surface area contributed by atoms with Crippen LogP contribution in [0.25, 0.3) is 0 Å². The van der Waals surface area contributed by atoms with Crippen LogP contribution in [0.1, 0.15) is 13.8 Å². The lowest BCUT2D eigenvalue weighted by Crippen LogP contribution is -2.49. The maximum absolute atomic E-state index is 10.1. The highest BCUT2D eigenvalue weighted by atomic mass is 16.5. The predicted octanol–water partition coefficient (Wildman–Crippen LogP) is 1.70. The van der Waals surface area contributed by atoms with Gasteiger partial charge < -0.3 is 14.7 Å². The topological polar surface area (TPSA) is 35.9 Å². The number of rotatable bonds is 7. The molecule has 1 aliphatic heterocycles. The zero-order valence-electron chi connectivity index (χ0n) is 13.2. The molecule has 0 saturated carbocycles. The highest BCUT2D eigenvalue weighted by Gasteiger charge is 2.19. The fourth-order valence-corrected chi connectivity index (χ4v) is 2.73. The van der Waals surface area contributed by atoms with Gasteiger partial charge in [-0.25, -0.2) is 0 Å². The molecule has 1 unspecified atom stereocenters. The van der Waals surface area contributed by atoms with Crippen molar-refractivity contribution in [3.8, 4) is 5.75 Å². The number of aliphatic hydroxyl groups is 1. The molecule has 118 valence electrons. The Morgan fingerprint density at radius 2 is 1.57 bits per heavy atom. The molecule has 1 aliphatic rings. The van der Waals surface area contributed by atoms with Crippen LogP contribution in [0.5, 0.6) is 5.75 Å². The number of benzene rings is 1. The van der Waals surface area contributed by atoms with Gasteiger partial charge in [-0.15, -0.1) is 0 Å².